The number of ether oxygens (including phenoxy) is 1. The number of nitrogens with one attached hydrogen (secondary N) is 1. The van der Waals surface area contributed by atoms with Gasteiger partial charge in [-0.15, -0.1) is 0 Å². The molecule has 2 aromatic carbocycles. The van der Waals surface area contributed by atoms with Gasteiger partial charge in [-0.25, -0.2) is 0 Å². The molecule has 0 aliphatic carbocycles. The maximum atomic E-state index is 12.1. The Morgan fingerprint density at radius 3 is 2.45 bits per heavy atom. The van der Waals surface area contributed by atoms with E-state index in [9.17, 15) is 9.59 Å². The van der Waals surface area contributed by atoms with Crippen molar-refractivity contribution in [3.63, 3.8) is 0 Å². The molecule has 1 amide bonds. The summed E-state index contributed by atoms with van der Waals surface area (Å²) < 4.78 is 5.57. The lowest BCUT2D eigenvalue weighted by atomic mass is 10.1. The number of Topliss-reactive ketones (excluding diaryl/α,β-unsaturated/α-hetero) is 1. The van der Waals surface area contributed by atoms with Crippen LogP contribution in [0, 0.1) is 0 Å². The molecule has 1 atom stereocenters. The van der Waals surface area contributed by atoms with Gasteiger partial charge in [-0.3, -0.25) is 9.59 Å². The van der Waals surface area contributed by atoms with E-state index >= 15 is 0 Å². The van der Waals surface area contributed by atoms with E-state index in [-0.39, 0.29) is 11.7 Å². The third-order valence-electron chi connectivity index (χ3n) is 3.03. The second-order valence-corrected chi connectivity index (χ2v) is 5.28. The van der Waals surface area contributed by atoms with Gasteiger partial charge in [0, 0.05) is 16.3 Å². The molecule has 0 fully saturated rings. The molecule has 0 heterocycles. The van der Waals surface area contributed by atoms with Crippen LogP contribution in [0.1, 0.15) is 24.2 Å². The zero-order valence-electron chi connectivity index (χ0n) is 12.3. The van der Waals surface area contributed by atoms with Gasteiger partial charge in [-0.05, 0) is 50.2 Å². The average Bonchev–Trinajstić information content (AvgIpc) is 2.49. The highest BCUT2D eigenvalue weighted by atomic mass is 35.5. The summed E-state index contributed by atoms with van der Waals surface area (Å²) >= 11 is 5.79. The smallest absolute Gasteiger partial charge is 0.265 e. The number of halogens is 1. The fourth-order valence-electron chi connectivity index (χ4n) is 1.82. The summed E-state index contributed by atoms with van der Waals surface area (Å²) in [5.74, 6) is 0.144. The van der Waals surface area contributed by atoms with Crippen LogP contribution in [0.4, 0.5) is 5.69 Å². The second-order valence-electron chi connectivity index (χ2n) is 4.84. The molecule has 22 heavy (non-hydrogen) atoms. The molecule has 0 saturated carbocycles. The van der Waals surface area contributed by atoms with E-state index in [1.165, 1.54) is 6.92 Å². The van der Waals surface area contributed by atoms with E-state index in [4.69, 9.17) is 16.3 Å². The number of carbonyl (C=O) groups is 2. The van der Waals surface area contributed by atoms with Crippen LogP contribution in [0.5, 0.6) is 5.75 Å². The lowest BCUT2D eigenvalue weighted by Gasteiger charge is -2.15. The summed E-state index contributed by atoms with van der Waals surface area (Å²) in [6.07, 6.45) is -0.696. The Labute approximate surface area is 134 Å². The van der Waals surface area contributed by atoms with Gasteiger partial charge < -0.3 is 10.1 Å². The molecule has 1 N–H and O–H groups in total. The Morgan fingerprint density at radius 1 is 1.14 bits per heavy atom. The molecule has 0 unspecified atom stereocenters. The van der Waals surface area contributed by atoms with Gasteiger partial charge in [0.15, 0.2) is 11.9 Å². The van der Waals surface area contributed by atoms with E-state index in [0.29, 0.717) is 22.0 Å². The van der Waals surface area contributed by atoms with Crippen molar-refractivity contribution in [1.82, 2.24) is 0 Å². The van der Waals surface area contributed by atoms with Crippen LogP contribution < -0.4 is 10.1 Å². The van der Waals surface area contributed by atoms with Crippen molar-refractivity contribution in [1.29, 1.82) is 0 Å². The Kier molecular flexibility index (Phi) is 5.17. The number of carbonyl (C=O) groups excluding carboxylic acids is 2. The number of ketones is 1. The molecule has 0 radical (unpaired) electrons. The fourth-order valence-corrected chi connectivity index (χ4v) is 1.95. The Morgan fingerprint density at radius 2 is 1.82 bits per heavy atom. The first-order valence-corrected chi connectivity index (χ1v) is 7.17. The molecule has 0 aromatic heterocycles. The second kappa shape index (κ2) is 7.09. The Hall–Kier alpha value is -2.33. The molecule has 114 valence electrons. The number of benzene rings is 2. The molecule has 0 spiro atoms. The summed E-state index contributed by atoms with van der Waals surface area (Å²) in [5, 5.41) is 3.34. The molecule has 0 aliphatic rings. The van der Waals surface area contributed by atoms with E-state index in [1.807, 2.05) is 0 Å². The van der Waals surface area contributed by atoms with E-state index in [2.05, 4.69) is 5.32 Å². The predicted molar refractivity (Wildman–Crippen MR) is 86.6 cm³/mol. The van der Waals surface area contributed by atoms with Crippen LogP contribution in [0.3, 0.4) is 0 Å². The van der Waals surface area contributed by atoms with Gasteiger partial charge in [0.1, 0.15) is 5.75 Å². The third kappa shape index (κ3) is 4.33. The van der Waals surface area contributed by atoms with Crippen molar-refractivity contribution in [2.24, 2.45) is 0 Å². The largest absolute Gasteiger partial charge is 0.481 e. The molecule has 2 aromatic rings. The Bertz CT molecular complexity index is 683. The highest BCUT2D eigenvalue weighted by Gasteiger charge is 2.15. The topological polar surface area (TPSA) is 55.4 Å². The minimum Gasteiger partial charge on any atom is -0.481 e. The summed E-state index contributed by atoms with van der Waals surface area (Å²) in [7, 11) is 0. The number of hydrogen-bond donors (Lipinski definition) is 1. The van der Waals surface area contributed by atoms with E-state index < -0.39 is 6.10 Å². The lowest BCUT2D eigenvalue weighted by molar-refractivity contribution is -0.122. The number of rotatable bonds is 5. The first kappa shape index (κ1) is 16.0. The maximum Gasteiger partial charge on any atom is 0.265 e. The van der Waals surface area contributed by atoms with Gasteiger partial charge in [-0.1, -0.05) is 23.7 Å². The van der Waals surface area contributed by atoms with Crippen molar-refractivity contribution in [2.45, 2.75) is 20.0 Å². The van der Waals surface area contributed by atoms with Crippen LogP contribution in [-0.2, 0) is 4.79 Å². The van der Waals surface area contributed by atoms with Crippen molar-refractivity contribution in [3.05, 3.63) is 59.1 Å². The summed E-state index contributed by atoms with van der Waals surface area (Å²) in [6.45, 7) is 3.13. The number of amides is 1. The summed E-state index contributed by atoms with van der Waals surface area (Å²) in [6, 6.07) is 13.6. The van der Waals surface area contributed by atoms with Crippen molar-refractivity contribution < 1.29 is 14.3 Å². The fraction of sp³-hybridized carbons (Fsp3) is 0.176. The van der Waals surface area contributed by atoms with Gasteiger partial charge in [0.25, 0.3) is 5.91 Å². The molecule has 0 bridgehead atoms. The minimum atomic E-state index is -0.696. The van der Waals surface area contributed by atoms with E-state index in [0.717, 1.165) is 0 Å². The normalized spacial score (nSPS) is 11.6. The van der Waals surface area contributed by atoms with Gasteiger partial charge in [-0.2, -0.15) is 0 Å². The third-order valence-corrected chi connectivity index (χ3v) is 3.29. The van der Waals surface area contributed by atoms with Crippen molar-refractivity contribution in [2.75, 3.05) is 5.32 Å². The standard InChI is InChI=1S/C17H16ClNO3/c1-11(20)13-4-3-5-16(10-13)22-12(2)17(21)19-15-8-6-14(18)7-9-15/h3-10,12H,1-2H3,(H,19,21)/t12-/m0/s1. The molecular weight excluding hydrogens is 302 g/mol. The monoisotopic (exact) mass is 317 g/mol. The minimum absolute atomic E-state index is 0.0521. The maximum absolute atomic E-state index is 12.1. The summed E-state index contributed by atoms with van der Waals surface area (Å²) in [5.41, 5.74) is 1.19. The zero-order chi connectivity index (χ0) is 16.1. The highest BCUT2D eigenvalue weighted by molar-refractivity contribution is 6.30. The highest BCUT2D eigenvalue weighted by Crippen LogP contribution is 2.17. The molecular formula is C17H16ClNO3. The van der Waals surface area contributed by atoms with Crippen LogP contribution >= 0.6 is 11.6 Å². The van der Waals surface area contributed by atoms with Crippen LogP contribution in [-0.4, -0.2) is 17.8 Å². The Balaban J connectivity index is 2.00. The SMILES string of the molecule is CC(=O)c1cccc(O[C@@H](C)C(=O)Nc2ccc(Cl)cc2)c1. The molecule has 5 heteroatoms. The quantitative estimate of drug-likeness (QED) is 0.850. The van der Waals surface area contributed by atoms with Gasteiger partial charge in [0.05, 0.1) is 0 Å². The van der Waals surface area contributed by atoms with Crippen molar-refractivity contribution in [3.8, 4) is 5.75 Å². The number of hydrogen-bond acceptors (Lipinski definition) is 3. The average molecular weight is 318 g/mol. The molecule has 4 nitrogen and oxygen atoms in total. The van der Waals surface area contributed by atoms with Gasteiger partial charge >= 0.3 is 0 Å². The van der Waals surface area contributed by atoms with Crippen LogP contribution in [0.2, 0.25) is 5.02 Å². The van der Waals surface area contributed by atoms with E-state index in [1.54, 1.807) is 55.5 Å². The van der Waals surface area contributed by atoms with Crippen molar-refractivity contribution >= 4 is 29.0 Å². The van der Waals surface area contributed by atoms with Crippen LogP contribution in [0.25, 0.3) is 0 Å². The lowest BCUT2D eigenvalue weighted by Crippen LogP contribution is -2.30. The zero-order valence-corrected chi connectivity index (χ0v) is 13.1. The van der Waals surface area contributed by atoms with Crippen LogP contribution in [0.15, 0.2) is 48.5 Å². The molecule has 0 aliphatic heterocycles. The summed E-state index contributed by atoms with van der Waals surface area (Å²) in [4.78, 5) is 23.4. The first-order valence-electron chi connectivity index (χ1n) is 6.80. The number of anilines is 1. The molecule has 0 saturated heterocycles. The first-order chi connectivity index (χ1) is 10.5. The molecule has 2 rings (SSSR count). The predicted octanol–water partition coefficient (Wildman–Crippen LogP) is 3.95. The van der Waals surface area contributed by atoms with Gasteiger partial charge in [0.2, 0.25) is 0 Å².